The van der Waals surface area contributed by atoms with Gasteiger partial charge in [-0.1, -0.05) is 68.4 Å². The highest BCUT2D eigenvalue weighted by molar-refractivity contribution is 5.88. The molecule has 2 aromatic carbocycles. The highest BCUT2D eigenvalue weighted by atomic mass is 16.5. The Kier molecular flexibility index (Phi) is 9.03. The summed E-state index contributed by atoms with van der Waals surface area (Å²) in [4.78, 5) is 28.0. The van der Waals surface area contributed by atoms with Gasteiger partial charge in [0.2, 0.25) is 11.8 Å². The van der Waals surface area contributed by atoms with Crippen LogP contribution >= 0.6 is 0 Å². The van der Waals surface area contributed by atoms with E-state index in [4.69, 9.17) is 4.74 Å². The van der Waals surface area contributed by atoms with Crippen LogP contribution in [-0.4, -0.2) is 42.0 Å². The average molecular weight is 452 g/mol. The zero-order valence-electron chi connectivity index (χ0n) is 20.2. The third-order valence-corrected chi connectivity index (χ3v) is 5.75. The molecule has 178 valence electrons. The van der Waals surface area contributed by atoms with Crippen molar-refractivity contribution in [1.29, 1.82) is 0 Å². The number of amides is 2. The lowest BCUT2D eigenvalue weighted by molar-refractivity contribution is -0.129. The Morgan fingerprint density at radius 1 is 0.970 bits per heavy atom. The van der Waals surface area contributed by atoms with Gasteiger partial charge in [-0.3, -0.25) is 14.5 Å². The number of rotatable bonds is 9. The van der Waals surface area contributed by atoms with Gasteiger partial charge in [0.05, 0.1) is 12.2 Å². The van der Waals surface area contributed by atoms with Crippen LogP contribution in [0.25, 0.3) is 0 Å². The van der Waals surface area contributed by atoms with Gasteiger partial charge in [0.1, 0.15) is 6.04 Å². The molecule has 3 unspecified atom stereocenters. The largest absolute Gasteiger partial charge is 0.373 e. The SMILES string of the molecule is CC(C)CC(=O)NC(C(=O)NCc1ccccc1CN1CC(C)OC(C)C1)c1ccccc1. The van der Waals surface area contributed by atoms with Gasteiger partial charge in [-0.05, 0) is 36.5 Å². The lowest BCUT2D eigenvalue weighted by Gasteiger charge is -2.35. The molecule has 3 rings (SSSR count). The first kappa shape index (κ1) is 24.9. The van der Waals surface area contributed by atoms with Crippen LogP contribution in [0.15, 0.2) is 54.6 Å². The number of morpholine rings is 1. The van der Waals surface area contributed by atoms with Crippen LogP contribution in [0.1, 0.15) is 56.8 Å². The number of nitrogens with zero attached hydrogens (tertiary/aromatic N) is 1. The van der Waals surface area contributed by atoms with Gasteiger partial charge in [-0.15, -0.1) is 0 Å². The van der Waals surface area contributed by atoms with Crippen LogP contribution in [0.3, 0.4) is 0 Å². The lowest BCUT2D eigenvalue weighted by atomic mass is 10.0. The number of nitrogens with one attached hydrogen (secondary N) is 2. The topological polar surface area (TPSA) is 70.7 Å². The maximum atomic E-state index is 13.2. The zero-order valence-corrected chi connectivity index (χ0v) is 20.2. The minimum atomic E-state index is -0.717. The second kappa shape index (κ2) is 12.0. The Balaban J connectivity index is 1.68. The van der Waals surface area contributed by atoms with Gasteiger partial charge in [0.25, 0.3) is 0 Å². The Morgan fingerprint density at radius 3 is 2.21 bits per heavy atom. The van der Waals surface area contributed by atoms with E-state index in [9.17, 15) is 9.59 Å². The van der Waals surface area contributed by atoms with E-state index in [-0.39, 0.29) is 29.9 Å². The first-order valence-electron chi connectivity index (χ1n) is 11.9. The molecular formula is C27H37N3O3. The van der Waals surface area contributed by atoms with Crippen LogP contribution in [0.5, 0.6) is 0 Å². The Bertz CT molecular complexity index is 906. The maximum Gasteiger partial charge on any atom is 0.247 e. The summed E-state index contributed by atoms with van der Waals surface area (Å²) in [6, 6.07) is 16.9. The number of ether oxygens (including phenoxy) is 1. The number of carbonyl (C=O) groups excluding carboxylic acids is 2. The van der Waals surface area contributed by atoms with E-state index in [0.717, 1.165) is 30.8 Å². The second-order valence-corrected chi connectivity index (χ2v) is 9.45. The van der Waals surface area contributed by atoms with Gasteiger partial charge < -0.3 is 15.4 Å². The molecule has 2 amide bonds. The summed E-state index contributed by atoms with van der Waals surface area (Å²) >= 11 is 0. The number of hydrogen-bond acceptors (Lipinski definition) is 4. The van der Waals surface area contributed by atoms with Crippen LogP contribution < -0.4 is 10.6 Å². The van der Waals surface area contributed by atoms with Crippen molar-refractivity contribution in [2.45, 2.75) is 65.5 Å². The van der Waals surface area contributed by atoms with Crippen molar-refractivity contribution in [3.05, 3.63) is 71.3 Å². The Hall–Kier alpha value is -2.70. The van der Waals surface area contributed by atoms with E-state index < -0.39 is 6.04 Å². The summed E-state index contributed by atoms with van der Waals surface area (Å²) in [6.45, 7) is 11.2. The molecule has 1 aliphatic rings. The summed E-state index contributed by atoms with van der Waals surface area (Å²) in [5.74, 6) is -0.103. The van der Waals surface area contributed by atoms with Crippen molar-refractivity contribution in [2.75, 3.05) is 13.1 Å². The average Bonchev–Trinajstić information content (AvgIpc) is 2.76. The lowest BCUT2D eigenvalue weighted by Crippen LogP contribution is -2.45. The molecule has 0 bridgehead atoms. The molecule has 6 heteroatoms. The van der Waals surface area contributed by atoms with E-state index in [2.05, 4.69) is 41.5 Å². The molecule has 3 atom stereocenters. The van der Waals surface area contributed by atoms with E-state index in [1.165, 1.54) is 5.56 Å². The molecule has 33 heavy (non-hydrogen) atoms. The predicted octanol–water partition coefficient (Wildman–Crippen LogP) is 3.82. The Labute approximate surface area is 197 Å². The molecule has 6 nitrogen and oxygen atoms in total. The van der Waals surface area contributed by atoms with Crippen molar-refractivity contribution >= 4 is 11.8 Å². The molecule has 2 N–H and O–H groups in total. The number of carbonyl (C=O) groups is 2. The Morgan fingerprint density at radius 2 is 1.58 bits per heavy atom. The standard InChI is InChI=1S/C27H37N3O3/c1-19(2)14-25(31)29-26(22-10-6-5-7-11-22)27(32)28-15-23-12-8-9-13-24(23)18-30-16-20(3)33-21(4)17-30/h5-13,19-21,26H,14-18H2,1-4H3,(H,28,32)(H,29,31). The molecule has 0 radical (unpaired) electrons. The smallest absolute Gasteiger partial charge is 0.247 e. The van der Waals surface area contributed by atoms with Crippen LogP contribution in [-0.2, 0) is 27.4 Å². The molecule has 1 aliphatic heterocycles. The third-order valence-electron chi connectivity index (χ3n) is 5.75. The van der Waals surface area contributed by atoms with Crippen molar-refractivity contribution in [3.8, 4) is 0 Å². The van der Waals surface area contributed by atoms with Crippen molar-refractivity contribution in [3.63, 3.8) is 0 Å². The molecule has 1 heterocycles. The van der Waals surface area contributed by atoms with Gasteiger partial charge in [-0.2, -0.15) is 0 Å². The molecule has 1 fully saturated rings. The molecular weight excluding hydrogens is 414 g/mol. The van der Waals surface area contributed by atoms with E-state index in [0.29, 0.717) is 13.0 Å². The molecule has 1 saturated heterocycles. The monoisotopic (exact) mass is 451 g/mol. The fourth-order valence-corrected chi connectivity index (χ4v) is 4.36. The quantitative estimate of drug-likeness (QED) is 0.608. The minimum absolute atomic E-state index is 0.120. The normalized spacial score (nSPS) is 19.8. The summed E-state index contributed by atoms with van der Waals surface area (Å²) in [5.41, 5.74) is 3.05. The molecule has 0 aliphatic carbocycles. The molecule has 0 spiro atoms. The third kappa shape index (κ3) is 7.69. The number of hydrogen-bond donors (Lipinski definition) is 2. The van der Waals surface area contributed by atoms with Crippen LogP contribution in [0, 0.1) is 5.92 Å². The maximum absolute atomic E-state index is 13.2. The van der Waals surface area contributed by atoms with Crippen molar-refractivity contribution in [2.24, 2.45) is 5.92 Å². The van der Waals surface area contributed by atoms with Crippen molar-refractivity contribution < 1.29 is 14.3 Å². The fraction of sp³-hybridized carbons (Fsp3) is 0.481. The van der Waals surface area contributed by atoms with Crippen LogP contribution in [0.2, 0.25) is 0 Å². The molecule has 0 aromatic heterocycles. The second-order valence-electron chi connectivity index (χ2n) is 9.45. The van der Waals surface area contributed by atoms with E-state index in [1.807, 2.05) is 56.3 Å². The van der Waals surface area contributed by atoms with Crippen LogP contribution in [0.4, 0.5) is 0 Å². The van der Waals surface area contributed by atoms with Gasteiger partial charge in [0.15, 0.2) is 0 Å². The summed E-state index contributed by atoms with van der Waals surface area (Å²) in [7, 11) is 0. The summed E-state index contributed by atoms with van der Waals surface area (Å²) in [5, 5.41) is 5.97. The first-order chi connectivity index (χ1) is 15.8. The van der Waals surface area contributed by atoms with Gasteiger partial charge in [-0.25, -0.2) is 0 Å². The highest BCUT2D eigenvalue weighted by Gasteiger charge is 2.24. The minimum Gasteiger partial charge on any atom is -0.373 e. The summed E-state index contributed by atoms with van der Waals surface area (Å²) < 4.78 is 5.85. The van der Waals surface area contributed by atoms with E-state index >= 15 is 0 Å². The van der Waals surface area contributed by atoms with Gasteiger partial charge >= 0.3 is 0 Å². The fourth-order valence-electron chi connectivity index (χ4n) is 4.36. The number of benzene rings is 2. The van der Waals surface area contributed by atoms with Gasteiger partial charge in [0, 0.05) is 32.6 Å². The zero-order chi connectivity index (χ0) is 23.8. The highest BCUT2D eigenvalue weighted by Crippen LogP contribution is 2.18. The summed E-state index contributed by atoms with van der Waals surface area (Å²) in [6.07, 6.45) is 0.805. The van der Waals surface area contributed by atoms with E-state index in [1.54, 1.807) is 0 Å². The van der Waals surface area contributed by atoms with Crippen molar-refractivity contribution in [1.82, 2.24) is 15.5 Å². The molecule has 2 aromatic rings. The first-order valence-corrected chi connectivity index (χ1v) is 11.9. The predicted molar refractivity (Wildman–Crippen MR) is 130 cm³/mol. The molecule has 0 saturated carbocycles.